The van der Waals surface area contributed by atoms with E-state index in [0.717, 1.165) is 18.7 Å². The number of benzene rings is 1. The molecule has 0 saturated carbocycles. The summed E-state index contributed by atoms with van der Waals surface area (Å²) in [4.78, 5) is 0. The first-order valence-electron chi connectivity index (χ1n) is 5.71. The maximum Gasteiger partial charge on any atom is 0.232 e. The Hall–Kier alpha value is -0.730. The summed E-state index contributed by atoms with van der Waals surface area (Å²) in [5, 5.41) is 2.97. The fraction of sp³-hybridized carbons (Fsp3) is 0.455. The molecule has 0 aromatic heterocycles. The molecule has 8 heteroatoms. The zero-order chi connectivity index (χ0) is 14.5. The van der Waals surface area contributed by atoms with Crippen LogP contribution >= 0.6 is 15.9 Å². The standard InChI is InChI=1S/C11H15BrF2N2O2S/c1-2-15-4-3-5-19(17,18)16-11-9(13)6-8(12)7-10(11)14/h6-7,15-16H,2-5H2,1H3. The van der Waals surface area contributed by atoms with Gasteiger partial charge < -0.3 is 5.32 Å². The molecule has 0 aliphatic rings. The minimum atomic E-state index is -3.76. The summed E-state index contributed by atoms with van der Waals surface area (Å²) < 4.78 is 52.4. The molecule has 0 aliphatic heterocycles. The van der Waals surface area contributed by atoms with Gasteiger partial charge >= 0.3 is 0 Å². The highest BCUT2D eigenvalue weighted by atomic mass is 79.9. The quantitative estimate of drug-likeness (QED) is 0.737. The van der Waals surface area contributed by atoms with Crippen LogP contribution in [0.5, 0.6) is 0 Å². The molecule has 108 valence electrons. The second-order valence-electron chi connectivity index (χ2n) is 3.87. The predicted molar refractivity (Wildman–Crippen MR) is 74.6 cm³/mol. The molecule has 0 radical (unpaired) electrons. The van der Waals surface area contributed by atoms with Crippen molar-refractivity contribution in [3.8, 4) is 0 Å². The molecule has 1 rings (SSSR count). The lowest BCUT2D eigenvalue weighted by atomic mass is 10.3. The molecule has 0 unspecified atom stereocenters. The van der Waals surface area contributed by atoms with Gasteiger partial charge in [0.05, 0.1) is 5.75 Å². The molecule has 0 spiro atoms. The number of nitrogens with one attached hydrogen (secondary N) is 2. The highest BCUT2D eigenvalue weighted by molar-refractivity contribution is 9.10. The third-order valence-electron chi connectivity index (χ3n) is 2.28. The van der Waals surface area contributed by atoms with Crippen molar-refractivity contribution in [2.24, 2.45) is 0 Å². The third kappa shape index (κ3) is 5.42. The van der Waals surface area contributed by atoms with Crippen molar-refractivity contribution in [3.63, 3.8) is 0 Å². The van der Waals surface area contributed by atoms with Crippen LogP contribution in [0.25, 0.3) is 0 Å². The molecule has 2 N–H and O–H groups in total. The van der Waals surface area contributed by atoms with Crippen LogP contribution in [0.3, 0.4) is 0 Å². The van der Waals surface area contributed by atoms with Gasteiger partial charge in [-0.25, -0.2) is 17.2 Å². The zero-order valence-electron chi connectivity index (χ0n) is 10.3. The van der Waals surface area contributed by atoms with E-state index in [2.05, 4.69) is 21.2 Å². The Kier molecular flexibility index (Phi) is 6.15. The van der Waals surface area contributed by atoms with Crippen LogP contribution in [0.4, 0.5) is 14.5 Å². The van der Waals surface area contributed by atoms with Crippen molar-refractivity contribution < 1.29 is 17.2 Å². The van der Waals surface area contributed by atoms with E-state index in [9.17, 15) is 17.2 Å². The van der Waals surface area contributed by atoms with Crippen molar-refractivity contribution in [2.75, 3.05) is 23.6 Å². The van der Waals surface area contributed by atoms with Gasteiger partial charge in [-0.3, -0.25) is 4.72 Å². The second kappa shape index (κ2) is 7.16. The smallest absolute Gasteiger partial charge is 0.232 e. The Morgan fingerprint density at radius 3 is 2.37 bits per heavy atom. The van der Waals surface area contributed by atoms with Crippen molar-refractivity contribution >= 4 is 31.6 Å². The molecular formula is C11H15BrF2N2O2S. The van der Waals surface area contributed by atoms with E-state index in [1.54, 1.807) is 0 Å². The lowest BCUT2D eigenvalue weighted by Gasteiger charge is -2.10. The minimum absolute atomic E-state index is 0.199. The van der Waals surface area contributed by atoms with Crippen LogP contribution in [-0.2, 0) is 10.0 Å². The number of halogens is 3. The monoisotopic (exact) mass is 356 g/mol. The van der Waals surface area contributed by atoms with E-state index in [1.807, 2.05) is 11.6 Å². The topological polar surface area (TPSA) is 58.2 Å². The van der Waals surface area contributed by atoms with Gasteiger partial charge in [0.2, 0.25) is 10.0 Å². The molecule has 0 saturated heterocycles. The predicted octanol–water partition coefficient (Wildman–Crippen LogP) is 2.47. The van der Waals surface area contributed by atoms with Gasteiger partial charge in [-0.2, -0.15) is 0 Å². The largest absolute Gasteiger partial charge is 0.317 e. The molecule has 1 aromatic carbocycles. The van der Waals surface area contributed by atoms with Gasteiger partial charge in [-0.15, -0.1) is 0 Å². The summed E-state index contributed by atoms with van der Waals surface area (Å²) in [6.07, 6.45) is 0.364. The highest BCUT2D eigenvalue weighted by Crippen LogP contribution is 2.24. The van der Waals surface area contributed by atoms with Crippen molar-refractivity contribution in [2.45, 2.75) is 13.3 Å². The second-order valence-corrected chi connectivity index (χ2v) is 6.63. The molecule has 0 bridgehead atoms. The normalized spacial score (nSPS) is 11.6. The molecule has 1 aromatic rings. The Bertz CT molecular complexity index is 514. The summed E-state index contributed by atoms with van der Waals surface area (Å²) in [6.45, 7) is 3.17. The summed E-state index contributed by atoms with van der Waals surface area (Å²) in [6, 6.07) is 2.00. The number of hydrogen-bond donors (Lipinski definition) is 2. The van der Waals surface area contributed by atoms with Gasteiger partial charge in [0.1, 0.15) is 5.69 Å². The average molecular weight is 357 g/mol. The van der Waals surface area contributed by atoms with Gasteiger partial charge in [-0.1, -0.05) is 22.9 Å². The Morgan fingerprint density at radius 1 is 1.26 bits per heavy atom. The lowest BCUT2D eigenvalue weighted by Crippen LogP contribution is -2.22. The van der Waals surface area contributed by atoms with Gasteiger partial charge in [-0.05, 0) is 31.6 Å². The Morgan fingerprint density at radius 2 is 1.84 bits per heavy atom. The first-order valence-corrected chi connectivity index (χ1v) is 8.16. The van der Waals surface area contributed by atoms with E-state index < -0.39 is 27.3 Å². The Balaban J connectivity index is 2.73. The first-order chi connectivity index (χ1) is 8.85. The third-order valence-corrected chi connectivity index (χ3v) is 4.08. The number of rotatable bonds is 7. The van der Waals surface area contributed by atoms with E-state index in [4.69, 9.17) is 0 Å². The molecular weight excluding hydrogens is 342 g/mol. The minimum Gasteiger partial charge on any atom is -0.317 e. The molecule has 0 atom stereocenters. The SMILES string of the molecule is CCNCCCS(=O)(=O)Nc1c(F)cc(Br)cc1F. The van der Waals surface area contributed by atoms with Crippen LogP contribution in [-0.4, -0.2) is 27.3 Å². The zero-order valence-corrected chi connectivity index (χ0v) is 12.7. The summed E-state index contributed by atoms with van der Waals surface area (Å²) in [5.74, 6) is -2.11. The summed E-state index contributed by atoms with van der Waals surface area (Å²) in [7, 11) is -3.76. The maximum absolute atomic E-state index is 13.5. The molecule has 0 amide bonds. The molecule has 0 aliphatic carbocycles. The van der Waals surface area contributed by atoms with Gasteiger partial charge in [0, 0.05) is 4.47 Å². The number of sulfonamides is 1. The summed E-state index contributed by atoms with van der Waals surface area (Å²) in [5.41, 5.74) is -0.647. The molecule has 4 nitrogen and oxygen atoms in total. The van der Waals surface area contributed by atoms with Crippen molar-refractivity contribution in [1.29, 1.82) is 0 Å². The van der Waals surface area contributed by atoms with Crippen LogP contribution in [0.15, 0.2) is 16.6 Å². The average Bonchev–Trinajstić information content (AvgIpc) is 2.29. The number of anilines is 1. The van der Waals surface area contributed by atoms with E-state index in [0.29, 0.717) is 13.0 Å². The fourth-order valence-electron chi connectivity index (χ4n) is 1.41. The van der Waals surface area contributed by atoms with Crippen LogP contribution in [0.1, 0.15) is 13.3 Å². The van der Waals surface area contributed by atoms with E-state index in [-0.39, 0.29) is 10.2 Å². The van der Waals surface area contributed by atoms with Crippen LogP contribution in [0.2, 0.25) is 0 Å². The molecule has 0 heterocycles. The van der Waals surface area contributed by atoms with E-state index >= 15 is 0 Å². The first kappa shape index (κ1) is 16.3. The van der Waals surface area contributed by atoms with Crippen molar-refractivity contribution in [1.82, 2.24) is 5.32 Å². The van der Waals surface area contributed by atoms with Gasteiger partial charge in [0.25, 0.3) is 0 Å². The van der Waals surface area contributed by atoms with Crippen LogP contribution < -0.4 is 10.0 Å². The summed E-state index contributed by atoms with van der Waals surface area (Å²) >= 11 is 2.92. The van der Waals surface area contributed by atoms with Gasteiger partial charge in [0.15, 0.2) is 11.6 Å². The molecule has 0 fully saturated rings. The maximum atomic E-state index is 13.5. The van der Waals surface area contributed by atoms with Crippen LogP contribution in [0, 0.1) is 11.6 Å². The molecule has 19 heavy (non-hydrogen) atoms. The lowest BCUT2D eigenvalue weighted by molar-refractivity contribution is 0.580. The van der Waals surface area contributed by atoms with E-state index in [1.165, 1.54) is 0 Å². The van der Waals surface area contributed by atoms with Crippen molar-refractivity contribution in [3.05, 3.63) is 28.2 Å². The Labute approximate surface area is 119 Å². The number of hydrogen-bond acceptors (Lipinski definition) is 3. The fourth-order valence-corrected chi connectivity index (χ4v) is 2.94. The highest BCUT2D eigenvalue weighted by Gasteiger charge is 2.17.